The van der Waals surface area contributed by atoms with Gasteiger partial charge >= 0.3 is 0 Å². The maximum Gasteiger partial charge on any atom is 0.231 e. The Bertz CT molecular complexity index is 921. The molecule has 2 aromatic carbocycles. The molecule has 0 unspecified atom stereocenters. The van der Waals surface area contributed by atoms with Crippen LogP contribution in [0.1, 0.15) is 11.5 Å². The van der Waals surface area contributed by atoms with Crippen LogP contribution < -0.4 is 5.73 Å². The van der Waals surface area contributed by atoms with Gasteiger partial charge < -0.3 is 15.2 Å². The number of aromatic amines is 1. The second-order valence-corrected chi connectivity index (χ2v) is 5.17. The van der Waals surface area contributed by atoms with Crippen LogP contribution in [0.15, 0.2) is 59.3 Å². The minimum atomic E-state index is 0.579. The van der Waals surface area contributed by atoms with E-state index in [1.165, 1.54) is 5.39 Å². The van der Waals surface area contributed by atoms with Crippen LogP contribution in [0.5, 0.6) is 0 Å². The second-order valence-electron chi connectivity index (χ2n) is 5.17. The zero-order valence-corrected chi connectivity index (χ0v) is 11.8. The number of benzene rings is 2. The molecule has 2 aromatic heterocycles. The topological polar surface area (TPSA) is 80.7 Å². The Morgan fingerprint density at radius 2 is 1.86 bits per heavy atom. The van der Waals surface area contributed by atoms with Crippen molar-refractivity contribution >= 4 is 16.6 Å². The van der Waals surface area contributed by atoms with Crippen LogP contribution in [0.4, 0.5) is 5.69 Å². The highest BCUT2D eigenvalue weighted by Gasteiger charge is 2.11. The third-order valence-corrected chi connectivity index (χ3v) is 3.65. The fourth-order valence-electron chi connectivity index (χ4n) is 2.52. The molecule has 108 valence electrons. The predicted molar refractivity (Wildman–Crippen MR) is 85.3 cm³/mol. The summed E-state index contributed by atoms with van der Waals surface area (Å²) in [6, 6.07) is 15.6. The first-order chi connectivity index (χ1) is 10.8. The van der Waals surface area contributed by atoms with Crippen molar-refractivity contribution in [3.8, 4) is 11.4 Å². The monoisotopic (exact) mass is 290 g/mol. The molecule has 5 heteroatoms. The number of nitrogens with zero attached hydrogens (tertiary/aromatic N) is 2. The van der Waals surface area contributed by atoms with E-state index in [4.69, 9.17) is 10.3 Å². The number of nitrogens with one attached hydrogen (secondary N) is 1. The highest BCUT2D eigenvalue weighted by atomic mass is 16.5. The molecule has 0 amide bonds. The zero-order chi connectivity index (χ0) is 14.9. The van der Waals surface area contributed by atoms with Crippen LogP contribution in [0.2, 0.25) is 0 Å². The molecule has 4 aromatic rings. The lowest BCUT2D eigenvalue weighted by molar-refractivity contribution is 0.386. The van der Waals surface area contributed by atoms with Crippen LogP contribution in [0.25, 0.3) is 22.3 Å². The van der Waals surface area contributed by atoms with Crippen molar-refractivity contribution in [1.82, 2.24) is 15.1 Å². The number of rotatable bonds is 3. The van der Waals surface area contributed by atoms with Crippen LogP contribution >= 0.6 is 0 Å². The van der Waals surface area contributed by atoms with Gasteiger partial charge in [0.2, 0.25) is 11.7 Å². The number of anilines is 1. The summed E-state index contributed by atoms with van der Waals surface area (Å²) in [5, 5.41) is 5.22. The quantitative estimate of drug-likeness (QED) is 0.567. The number of aromatic nitrogens is 3. The van der Waals surface area contributed by atoms with E-state index in [-0.39, 0.29) is 0 Å². The molecule has 3 N–H and O–H groups in total. The summed E-state index contributed by atoms with van der Waals surface area (Å²) in [6.07, 6.45) is 2.59. The summed E-state index contributed by atoms with van der Waals surface area (Å²) in [6.45, 7) is 0. The van der Waals surface area contributed by atoms with Crippen LogP contribution in [-0.4, -0.2) is 15.1 Å². The zero-order valence-electron chi connectivity index (χ0n) is 11.8. The van der Waals surface area contributed by atoms with E-state index in [0.717, 1.165) is 16.6 Å². The first-order valence-electron chi connectivity index (χ1n) is 7.03. The van der Waals surface area contributed by atoms with Crippen LogP contribution in [-0.2, 0) is 6.42 Å². The van der Waals surface area contributed by atoms with E-state index in [1.807, 2.05) is 48.7 Å². The fourth-order valence-corrected chi connectivity index (χ4v) is 2.52. The van der Waals surface area contributed by atoms with Gasteiger partial charge in [-0.3, -0.25) is 0 Å². The summed E-state index contributed by atoms with van der Waals surface area (Å²) in [5.41, 5.74) is 9.54. The predicted octanol–water partition coefficient (Wildman–Crippen LogP) is 3.39. The Kier molecular flexibility index (Phi) is 2.89. The molecule has 0 fully saturated rings. The molecule has 0 spiro atoms. The number of fused-ring (bicyclic) bond motifs is 1. The highest BCUT2D eigenvalue weighted by Crippen LogP contribution is 2.22. The average molecular weight is 290 g/mol. The Hall–Kier alpha value is -3.08. The van der Waals surface area contributed by atoms with Gasteiger partial charge in [-0.25, -0.2) is 0 Å². The van der Waals surface area contributed by atoms with E-state index in [0.29, 0.717) is 23.8 Å². The van der Waals surface area contributed by atoms with Gasteiger partial charge in [-0.1, -0.05) is 23.4 Å². The molecule has 0 bridgehead atoms. The van der Waals surface area contributed by atoms with Crippen molar-refractivity contribution in [2.75, 3.05) is 5.73 Å². The highest BCUT2D eigenvalue weighted by molar-refractivity contribution is 5.83. The largest absolute Gasteiger partial charge is 0.399 e. The molecule has 0 aliphatic rings. The fraction of sp³-hybridized carbons (Fsp3) is 0.0588. The third-order valence-electron chi connectivity index (χ3n) is 3.65. The molecular formula is C17H14N4O. The van der Waals surface area contributed by atoms with Gasteiger partial charge in [-0.15, -0.1) is 0 Å². The lowest BCUT2D eigenvalue weighted by Crippen LogP contribution is -1.88. The Labute approximate surface area is 126 Å². The molecule has 0 aliphatic heterocycles. The van der Waals surface area contributed by atoms with Crippen molar-refractivity contribution in [2.24, 2.45) is 0 Å². The summed E-state index contributed by atoms with van der Waals surface area (Å²) in [5.74, 6) is 1.17. The summed E-state index contributed by atoms with van der Waals surface area (Å²) in [7, 11) is 0. The molecule has 0 atom stereocenters. The van der Waals surface area contributed by atoms with E-state index in [1.54, 1.807) is 0 Å². The summed E-state index contributed by atoms with van der Waals surface area (Å²) < 4.78 is 5.37. The molecule has 22 heavy (non-hydrogen) atoms. The van der Waals surface area contributed by atoms with Gasteiger partial charge in [0.25, 0.3) is 0 Å². The van der Waals surface area contributed by atoms with Crippen molar-refractivity contribution in [2.45, 2.75) is 6.42 Å². The molecule has 2 heterocycles. The Morgan fingerprint density at radius 1 is 1.05 bits per heavy atom. The van der Waals surface area contributed by atoms with Gasteiger partial charge in [-0.05, 0) is 35.9 Å². The maximum absolute atomic E-state index is 5.69. The molecule has 0 aliphatic carbocycles. The van der Waals surface area contributed by atoms with Gasteiger partial charge in [0.15, 0.2) is 0 Å². The second kappa shape index (κ2) is 5.04. The average Bonchev–Trinajstić information content (AvgIpc) is 3.16. The summed E-state index contributed by atoms with van der Waals surface area (Å²) >= 11 is 0. The Balaban J connectivity index is 1.63. The van der Waals surface area contributed by atoms with E-state index < -0.39 is 0 Å². The lowest BCUT2D eigenvalue weighted by atomic mass is 10.1. The van der Waals surface area contributed by atoms with Crippen molar-refractivity contribution in [3.63, 3.8) is 0 Å². The first kappa shape index (κ1) is 12.6. The first-order valence-corrected chi connectivity index (χ1v) is 7.03. The third kappa shape index (κ3) is 2.22. The van der Waals surface area contributed by atoms with Crippen molar-refractivity contribution in [1.29, 1.82) is 0 Å². The van der Waals surface area contributed by atoms with E-state index in [2.05, 4.69) is 21.2 Å². The van der Waals surface area contributed by atoms with E-state index >= 15 is 0 Å². The van der Waals surface area contributed by atoms with E-state index in [9.17, 15) is 0 Å². The lowest BCUT2D eigenvalue weighted by Gasteiger charge is -1.95. The standard InChI is InChI=1S/C17H14N4O/c18-13-7-5-11(6-8-13)17-20-16(22-21-17)9-12-10-19-15-4-2-1-3-14(12)15/h1-8,10,19H,9,18H2. The van der Waals surface area contributed by atoms with Gasteiger partial charge in [0, 0.05) is 28.4 Å². The molecule has 0 radical (unpaired) electrons. The Morgan fingerprint density at radius 3 is 2.73 bits per heavy atom. The molecule has 4 rings (SSSR count). The molecule has 5 nitrogen and oxygen atoms in total. The molecule has 0 saturated heterocycles. The smallest absolute Gasteiger partial charge is 0.231 e. The minimum absolute atomic E-state index is 0.579. The van der Waals surface area contributed by atoms with Crippen molar-refractivity contribution < 1.29 is 4.52 Å². The molecule has 0 saturated carbocycles. The number of H-pyrrole nitrogens is 1. The number of hydrogen-bond acceptors (Lipinski definition) is 4. The van der Waals surface area contributed by atoms with Crippen LogP contribution in [0.3, 0.4) is 0 Å². The normalized spacial score (nSPS) is 11.1. The van der Waals surface area contributed by atoms with Crippen molar-refractivity contribution in [3.05, 3.63) is 66.2 Å². The van der Waals surface area contributed by atoms with Gasteiger partial charge in [-0.2, -0.15) is 4.98 Å². The number of para-hydroxylation sites is 1. The minimum Gasteiger partial charge on any atom is -0.399 e. The van der Waals surface area contributed by atoms with Gasteiger partial charge in [0.05, 0.1) is 6.42 Å². The number of hydrogen-bond donors (Lipinski definition) is 2. The number of nitrogens with two attached hydrogens (primary N) is 1. The number of nitrogen functional groups attached to an aromatic ring is 1. The maximum atomic E-state index is 5.69. The molecular weight excluding hydrogens is 276 g/mol. The van der Waals surface area contributed by atoms with Gasteiger partial charge in [0.1, 0.15) is 0 Å². The van der Waals surface area contributed by atoms with Crippen LogP contribution in [0, 0.1) is 0 Å². The summed E-state index contributed by atoms with van der Waals surface area (Å²) in [4.78, 5) is 7.71. The SMILES string of the molecule is Nc1ccc(-c2noc(Cc3c[nH]c4ccccc34)n2)cc1.